The minimum absolute atomic E-state index is 0.196. The van der Waals surface area contributed by atoms with Crippen molar-refractivity contribution < 1.29 is 13.5 Å². The molecule has 0 unspecified atom stereocenters. The second-order valence-electron chi connectivity index (χ2n) is 4.17. The third-order valence-corrected chi connectivity index (χ3v) is 4.38. The summed E-state index contributed by atoms with van der Waals surface area (Å²) in [5.74, 6) is 0. The summed E-state index contributed by atoms with van der Waals surface area (Å²) in [6, 6.07) is 6.66. The number of nitrogens with zero attached hydrogens (tertiary/aromatic N) is 1. The lowest BCUT2D eigenvalue weighted by molar-refractivity contribution is 0.286. The van der Waals surface area contributed by atoms with Crippen LogP contribution >= 0.6 is 0 Å². The summed E-state index contributed by atoms with van der Waals surface area (Å²) >= 11 is 0. The van der Waals surface area contributed by atoms with E-state index < -0.39 is 10.0 Å². The van der Waals surface area contributed by atoms with Gasteiger partial charge in [-0.2, -0.15) is 0 Å². The van der Waals surface area contributed by atoms with E-state index in [1.165, 1.54) is 18.4 Å². The van der Waals surface area contributed by atoms with E-state index in [-0.39, 0.29) is 11.5 Å². The SMILES string of the molecule is CN(C)S(=O)(=O)c1ccc(NCCCCO)cc1. The Labute approximate surface area is 108 Å². The molecule has 0 aromatic heterocycles. The lowest BCUT2D eigenvalue weighted by atomic mass is 10.3. The van der Waals surface area contributed by atoms with Crippen LogP contribution in [-0.2, 0) is 10.0 Å². The smallest absolute Gasteiger partial charge is 0.242 e. The van der Waals surface area contributed by atoms with Gasteiger partial charge < -0.3 is 10.4 Å². The van der Waals surface area contributed by atoms with Gasteiger partial charge in [0.25, 0.3) is 0 Å². The molecule has 0 bridgehead atoms. The predicted molar refractivity (Wildman–Crippen MR) is 72.1 cm³/mol. The van der Waals surface area contributed by atoms with Crippen LogP contribution < -0.4 is 5.32 Å². The maximum absolute atomic E-state index is 11.8. The van der Waals surface area contributed by atoms with Crippen molar-refractivity contribution in [3.63, 3.8) is 0 Å². The first kappa shape index (κ1) is 14.9. The molecule has 0 spiro atoms. The molecule has 1 rings (SSSR count). The minimum Gasteiger partial charge on any atom is -0.396 e. The van der Waals surface area contributed by atoms with E-state index in [1.807, 2.05) is 0 Å². The van der Waals surface area contributed by atoms with Gasteiger partial charge in [-0.15, -0.1) is 0 Å². The molecule has 0 fully saturated rings. The molecule has 102 valence electrons. The normalized spacial score (nSPS) is 11.8. The average Bonchev–Trinajstić information content (AvgIpc) is 2.35. The Kier molecular flexibility index (Phi) is 5.58. The van der Waals surface area contributed by atoms with Crippen LogP contribution in [0.25, 0.3) is 0 Å². The third kappa shape index (κ3) is 3.97. The van der Waals surface area contributed by atoms with Crippen molar-refractivity contribution in [1.82, 2.24) is 4.31 Å². The summed E-state index contributed by atoms with van der Waals surface area (Å²) in [4.78, 5) is 0.286. The highest BCUT2D eigenvalue weighted by molar-refractivity contribution is 7.89. The Morgan fingerprint density at radius 2 is 1.78 bits per heavy atom. The van der Waals surface area contributed by atoms with E-state index in [2.05, 4.69) is 5.32 Å². The van der Waals surface area contributed by atoms with Gasteiger partial charge in [0.2, 0.25) is 10.0 Å². The van der Waals surface area contributed by atoms with E-state index in [9.17, 15) is 8.42 Å². The van der Waals surface area contributed by atoms with E-state index in [0.29, 0.717) is 0 Å². The molecule has 0 saturated heterocycles. The highest BCUT2D eigenvalue weighted by atomic mass is 32.2. The quantitative estimate of drug-likeness (QED) is 0.730. The summed E-state index contributed by atoms with van der Waals surface area (Å²) < 4.78 is 24.8. The number of aliphatic hydroxyl groups excluding tert-OH is 1. The molecule has 0 aliphatic rings. The topological polar surface area (TPSA) is 69.6 Å². The molecule has 0 aliphatic heterocycles. The molecule has 1 aromatic carbocycles. The molecule has 0 amide bonds. The molecule has 0 radical (unpaired) electrons. The zero-order valence-corrected chi connectivity index (χ0v) is 11.6. The summed E-state index contributed by atoms with van der Waals surface area (Å²) in [5, 5.41) is 11.8. The largest absolute Gasteiger partial charge is 0.396 e. The molecule has 0 saturated carbocycles. The Hall–Kier alpha value is -1.11. The second-order valence-corrected chi connectivity index (χ2v) is 6.32. The van der Waals surface area contributed by atoms with Crippen molar-refractivity contribution >= 4 is 15.7 Å². The molecule has 0 aliphatic carbocycles. The third-order valence-electron chi connectivity index (χ3n) is 2.55. The van der Waals surface area contributed by atoms with Crippen LogP contribution in [0.15, 0.2) is 29.2 Å². The number of hydrogen-bond donors (Lipinski definition) is 2. The van der Waals surface area contributed by atoms with E-state index in [4.69, 9.17) is 5.11 Å². The molecule has 2 N–H and O–H groups in total. The van der Waals surface area contributed by atoms with Gasteiger partial charge in [0.05, 0.1) is 4.90 Å². The van der Waals surface area contributed by atoms with Crippen molar-refractivity contribution in [3.05, 3.63) is 24.3 Å². The van der Waals surface area contributed by atoms with Gasteiger partial charge in [0, 0.05) is 32.9 Å². The molecule has 5 nitrogen and oxygen atoms in total. The first-order chi connectivity index (χ1) is 8.48. The summed E-state index contributed by atoms with van der Waals surface area (Å²) in [5.41, 5.74) is 0.880. The molecule has 6 heteroatoms. The molecular formula is C12H20N2O3S. The maximum Gasteiger partial charge on any atom is 0.242 e. The Balaban J connectivity index is 2.63. The first-order valence-electron chi connectivity index (χ1n) is 5.86. The number of benzene rings is 1. The number of nitrogens with one attached hydrogen (secondary N) is 1. The van der Waals surface area contributed by atoms with Crippen LogP contribution in [0.3, 0.4) is 0 Å². The Morgan fingerprint density at radius 3 is 2.28 bits per heavy atom. The fourth-order valence-corrected chi connectivity index (χ4v) is 2.33. The lowest BCUT2D eigenvalue weighted by Crippen LogP contribution is -2.22. The van der Waals surface area contributed by atoms with Crippen LogP contribution in [0.2, 0.25) is 0 Å². The van der Waals surface area contributed by atoms with Gasteiger partial charge in [0.1, 0.15) is 0 Å². The van der Waals surface area contributed by atoms with Crippen LogP contribution in [0.5, 0.6) is 0 Å². The van der Waals surface area contributed by atoms with Crippen LogP contribution in [-0.4, -0.2) is 45.1 Å². The van der Waals surface area contributed by atoms with Crippen molar-refractivity contribution in [2.75, 3.05) is 32.6 Å². The highest BCUT2D eigenvalue weighted by Crippen LogP contribution is 2.16. The monoisotopic (exact) mass is 272 g/mol. The van der Waals surface area contributed by atoms with E-state index >= 15 is 0 Å². The number of anilines is 1. The van der Waals surface area contributed by atoms with Gasteiger partial charge in [-0.1, -0.05) is 0 Å². The Bertz CT molecular complexity index is 455. The van der Waals surface area contributed by atoms with Crippen molar-refractivity contribution in [2.24, 2.45) is 0 Å². The Morgan fingerprint density at radius 1 is 1.17 bits per heavy atom. The zero-order valence-electron chi connectivity index (χ0n) is 10.8. The summed E-state index contributed by atoms with van der Waals surface area (Å²) in [6.07, 6.45) is 1.65. The van der Waals surface area contributed by atoms with Crippen LogP contribution in [0, 0.1) is 0 Å². The second kappa shape index (κ2) is 6.72. The molecular weight excluding hydrogens is 252 g/mol. The van der Waals surface area contributed by atoms with Gasteiger partial charge in [-0.25, -0.2) is 12.7 Å². The van der Waals surface area contributed by atoms with Gasteiger partial charge >= 0.3 is 0 Å². The van der Waals surface area contributed by atoms with Crippen molar-refractivity contribution in [1.29, 1.82) is 0 Å². The minimum atomic E-state index is -3.35. The van der Waals surface area contributed by atoms with Crippen LogP contribution in [0.4, 0.5) is 5.69 Å². The predicted octanol–water partition coefficient (Wildman–Crippen LogP) is 1.12. The maximum atomic E-state index is 11.8. The van der Waals surface area contributed by atoms with Crippen molar-refractivity contribution in [3.8, 4) is 0 Å². The fraction of sp³-hybridized carbons (Fsp3) is 0.500. The first-order valence-corrected chi connectivity index (χ1v) is 7.30. The van der Waals surface area contributed by atoms with Crippen molar-refractivity contribution in [2.45, 2.75) is 17.7 Å². The number of sulfonamides is 1. The molecule has 0 atom stereocenters. The zero-order chi connectivity index (χ0) is 13.6. The number of rotatable bonds is 7. The van der Waals surface area contributed by atoms with E-state index in [1.54, 1.807) is 24.3 Å². The lowest BCUT2D eigenvalue weighted by Gasteiger charge is -2.12. The number of hydrogen-bond acceptors (Lipinski definition) is 4. The molecule has 1 aromatic rings. The molecule has 0 heterocycles. The number of unbranched alkanes of at least 4 members (excludes halogenated alkanes) is 1. The average molecular weight is 272 g/mol. The van der Waals surface area contributed by atoms with Crippen LogP contribution in [0.1, 0.15) is 12.8 Å². The number of aliphatic hydroxyl groups is 1. The summed E-state index contributed by atoms with van der Waals surface area (Å²) in [6.45, 7) is 0.960. The molecule has 18 heavy (non-hydrogen) atoms. The standard InChI is InChI=1S/C12H20N2O3S/c1-14(2)18(16,17)12-7-5-11(6-8-12)13-9-3-4-10-15/h5-8,13,15H,3-4,9-10H2,1-2H3. The van der Waals surface area contributed by atoms with Gasteiger partial charge in [-0.05, 0) is 37.1 Å². The van der Waals surface area contributed by atoms with E-state index in [0.717, 1.165) is 25.1 Å². The summed E-state index contributed by atoms with van der Waals surface area (Å²) in [7, 11) is -0.330. The van der Waals surface area contributed by atoms with Gasteiger partial charge in [0.15, 0.2) is 0 Å². The van der Waals surface area contributed by atoms with Gasteiger partial charge in [-0.3, -0.25) is 0 Å². The highest BCUT2D eigenvalue weighted by Gasteiger charge is 2.16. The fourth-order valence-electron chi connectivity index (χ4n) is 1.43.